The van der Waals surface area contributed by atoms with Crippen LogP contribution in [0.4, 0.5) is 8.78 Å². The van der Waals surface area contributed by atoms with Crippen LogP contribution in [-0.4, -0.2) is 243 Å². The van der Waals surface area contributed by atoms with E-state index in [-0.39, 0.29) is 192 Å². The number of aliphatic hydroxyl groups is 12. The van der Waals surface area contributed by atoms with Gasteiger partial charge in [-0.3, -0.25) is 0 Å². The first-order chi connectivity index (χ1) is 68.5. The number of aliphatic hydroxyl groups excluding tert-OH is 12. The fraction of sp³-hybridized carbons (Fsp3) is 0.538. The maximum Gasteiger partial charge on any atom is 0.231 e. The first-order valence-electron chi connectivity index (χ1n) is 50.5. The van der Waals surface area contributed by atoms with E-state index in [0.29, 0.717) is 26.1 Å². The molecule has 5 heterocycles. The van der Waals surface area contributed by atoms with Crippen molar-refractivity contribution in [1.82, 2.24) is 0 Å². The number of ether oxygens (including phenoxy) is 13. The molecule has 4 unspecified atom stereocenters. The van der Waals surface area contributed by atoms with Gasteiger partial charge in [0.1, 0.15) is 30.2 Å². The SMILES string of the molecule is C.COc1cc(C2c3cc(-c4ccccc4)ccc3C[C@H](CO)[C@H]2CO[C@@H]2OC[C@@H](O)[C@H](C)[C@H]2O)ccc1F.COc1cc(C2c3cc(C)c(C)cc3C[C@H](CO)[C@H]2CO[C@@H]2OC[C@@H](O)[C@H](C)[C@H]2O)ccc1F.COc1ccc(C2c3cc(C)c(C)cc3C[C@H](CO)[C@H]2CO[C@@H]2OC[C@@H](O)[C@H](C)[C@H]2O)cc1C(C)(C)C.Cc1cc2c(cc1C)C(c1ccc3c(c1)OCO3)[C@H](CO[C@@H]1OC[C@@H](O)[C@H](C)[C@H]1O)[C@@H](CO)C2. The Morgan fingerprint density at radius 3 is 0.993 bits per heavy atom. The lowest BCUT2D eigenvalue weighted by Gasteiger charge is -2.42. The molecule has 9 aromatic carbocycles. The minimum Gasteiger partial charge on any atom is -0.496 e. The standard InChI is InChI=1S/C31H35FO6.C31H44O6.C27H35FO6.C27H34O7.CH4/c1-18-27(34)17-38-31(30(18)35)37-16-25-23(15-33)12-21-9-8-20(19-6-4-3-5-7-19)13-24(21)29(25)22-10-11-26(32)28(14-22)36-2;1-17-10-21-12-22(14-32)24(15-36-30-29(34)19(3)26(33)16-37-30)28(23(21)11-18(17)2)20-8-9-27(35-7)25(13-20)31(4,5)6;1-14-7-18-9-19(11-29)21(12-33-27-26(31)16(3)23(30)13-34-27)25(20(18)8-15(14)2)17-5-6-22(28)24(10-17)32-4;1-14-6-18-8-19(10-28)21(11-31-27-26(30)16(3)22(29)12-32-27)25(20(18)7-15(14)2)17-4-5-23-24(9-17)34-13-33-23;/h3-11,13-14,18,23,25,27,29-31,33-35H,12,15-17H2,1-2H3;8-11,13,19,22,24,26,28-30,32-34H,12,14-16H2,1-7H3;5-8,10,16,19,21,23,25-27,29-31H,9,11-13H2,1-4H3;4-7,9,16,19,21-22,25-30H,8,10-13H2,1-3H3;1H4/t18-,23+,25+,27+,29?,30+,31+;19-,22+,24+,26+,28?,29+,30+;16-,19+,21+,23+,25?,26+,27+;16-,19+,21+,22+,25?,26+,27+;/m0000./s1. The Morgan fingerprint density at radius 1 is 0.333 bits per heavy atom. The van der Waals surface area contributed by atoms with Gasteiger partial charge < -0.3 is 123 Å². The number of fused-ring (bicyclic) bond motifs is 5. The predicted octanol–water partition coefficient (Wildman–Crippen LogP) is 14.8. The zero-order chi connectivity index (χ0) is 102. The molecular weight excluding hydrogens is 1840 g/mol. The fourth-order valence-electron chi connectivity index (χ4n) is 22.6. The lowest BCUT2D eigenvalue weighted by molar-refractivity contribution is -0.259. The zero-order valence-corrected chi connectivity index (χ0v) is 85.1. The molecule has 0 bridgehead atoms. The highest BCUT2D eigenvalue weighted by molar-refractivity contribution is 5.66. The van der Waals surface area contributed by atoms with Crippen molar-refractivity contribution < 1.29 is 132 Å². The van der Waals surface area contributed by atoms with Crippen molar-refractivity contribution in [2.75, 3.05) is 107 Å². The third kappa shape index (κ3) is 24.1. The minimum atomic E-state index is -0.976. The van der Waals surface area contributed by atoms with Gasteiger partial charge in [0.25, 0.3) is 0 Å². The molecule has 0 aromatic heterocycles. The van der Waals surface area contributed by atoms with Crippen LogP contribution in [0.2, 0.25) is 0 Å². The molecule has 144 heavy (non-hydrogen) atoms. The summed E-state index contributed by atoms with van der Waals surface area (Å²) in [6, 6.07) is 52.2. The highest BCUT2D eigenvalue weighted by Gasteiger charge is 2.49. The van der Waals surface area contributed by atoms with Crippen LogP contribution in [-0.2, 0) is 69.0 Å². The second-order valence-electron chi connectivity index (χ2n) is 42.3. The molecular formula is C117H152F2O25. The highest BCUT2D eigenvalue weighted by atomic mass is 19.1. The van der Waals surface area contributed by atoms with Gasteiger partial charge >= 0.3 is 0 Å². The summed E-state index contributed by atoms with van der Waals surface area (Å²) in [6.07, 6.45) is -7.17. The number of benzene rings is 9. The molecule has 9 aromatic rings. The van der Waals surface area contributed by atoms with Crippen LogP contribution in [0.3, 0.4) is 0 Å². The van der Waals surface area contributed by atoms with Crippen molar-refractivity contribution in [3.63, 3.8) is 0 Å². The van der Waals surface area contributed by atoms with Crippen LogP contribution < -0.4 is 23.7 Å². The molecule has 12 N–H and O–H groups in total. The molecule has 784 valence electrons. The Morgan fingerprint density at radius 2 is 0.646 bits per heavy atom. The molecule has 9 aliphatic rings. The van der Waals surface area contributed by atoms with E-state index in [9.17, 15) is 70.1 Å². The molecule has 0 amide bonds. The highest BCUT2D eigenvalue weighted by Crippen LogP contribution is 2.53. The topological polar surface area (TPSA) is 363 Å². The average molecular weight is 2000 g/mol. The van der Waals surface area contributed by atoms with E-state index in [4.69, 9.17) is 61.6 Å². The minimum absolute atomic E-state index is 0. The van der Waals surface area contributed by atoms with Gasteiger partial charge in [0.15, 0.2) is 59.8 Å². The van der Waals surface area contributed by atoms with Crippen LogP contribution in [0.15, 0.2) is 158 Å². The molecule has 18 rings (SSSR count). The van der Waals surface area contributed by atoms with E-state index >= 15 is 0 Å². The Bertz CT molecular complexity index is 5640. The molecule has 4 saturated heterocycles. The molecule has 4 fully saturated rings. The van der Waals surface area contributed by atoms with E-state index in [1.165, 1.54) is 76.4 Å². The van der Waals surface area contributed by atoms with Crippen molar-refractivity contribution in [2.45, 2.75) is 226 Å². The number of methoxy groups -OCH3 is 3. The summed E-state index contributed by atoms with van der Waals surface area (Å²) in [7, 11) is 4.59. The molecule has 0 spiro atoms. The van der Waals surface area contributed by atoms with E-state index < -0.39 is 85.6 Å². The second-order valence-corrected chi connectivity index (χ2v) is 42.3. The van der Waals surface area contributed by atoms with Gasteiger partial charge in [0, 0.05) is 73.8 Å². The summed E-state index contributed by atoms with van der Waals surface area (Å²) in [4.78, 5) is 0. The van der Waals surface area contributed by atoms with Crippen molar-refractivity contribution in [3.8, 4) is 39.9 Å². The fourth-order valence-corrected chi connectivity index (χ4v) is 22.6. The van der Waals surface area contributed by atoms with Gasteiger partial charge in [-0.1, -0.05) is 171 Å². The van der Waals surface area contributed by atoms with Crippen LogP contribution in [0.1, 0.15) is 185 Å². The first kappa shape index (κ1) is 111. The molecule has 5 aliphatic heterocycles. The third-order valence-electron chi connectivity index (χ3n) is 32.3. The number of rotatable bonds is 24. The lowest BCUT2D eigenvalue weighted by Crippen LogP contribution is -2.50. The second kappa shape index (κ2) is 48.6. The first-order valence-corrected chi connectivity index (χ1v) is 50.5. The van der Waals surface area contributed by atoms with E-state index in [1.807, 2.05) is 36.4 Å². The number of halogens is 2. The van der Waals surface area contributed by atoms with Crippen molar-refractivity contribution in [2.24, 2.45) is 71.0 Å². The Balaban J connectivity index is 0.000000152. The molecule has 25 nitrogen and oxygen atoms in total. The molecule has 27 heteroatoms. The van der Waals surface area contributed by atoms with Gasteiger partial charge in [0.2, 0.25) is 6.79 Å². The summed E-state index contributed by atoms with van der Waals surface area (Å²) in [6.45, 7) is 28.1. The Kier molecular flexibility index (Phi) is 37.3. The molecule has 0 radical (unpaired) electrons. The quantitative estimate of drug-likeness (QED) is 0.0267. The number of hydrogen-bond donors (Lipinski definition) is 12. The van der Waals surface area contributed by atoms with E-state index in [0.717, 1.165) is 96.9 Å². The van der Waals surface area contributed by atoms with Gasteiger partial charge in [-0.15, -0.1) is 0 Å². The van der Waals surface area contributed by atoms with Gasteiger partial charge in [-0.05, 0) is 279 Å². The number of aryl methyl sites for hydroxylation is 6. The van der Waals surface area contributed by atoms with Crippen LogP contribution in [0.5, 0.6) is 28.7 Å². The summed E-state index contributed by atoms with van der Waals surface area (Å²) >= 11 is 0. The van der Waals surface area contributed by atoms with Crippen LogP contribution in [0, 0.1) is 124 Å². The van der Waals surface area contributed by atoms with Gasteiger partial charge in [0.05, 0.1) is 98.6 Å². The summed E-state index contributed by atoms with van der Waals surface area (Å²) in [5.41, 5.74) is 24.0. The monoisotopic (exact) mass is 2000 g/mol. The lowest BCUT2D eigenvalue weighted by atomic mass is 9.66. The van der Waals surface area contributed by atoms with E-state index in [2.05, 4.69) is 147 Å². The summed E-state index contributed by atoms with van der Waals surface area (Å²) in [5.74, 6) is -0.749. The zero-order valence-electron chi connectivity index (χ0n) is 85.1. The number of hydrogen-bond acceptors (Lipinski definition) is 25. The molecule has 28 atom stereocenters. The van der Waals surface area contributed by atoms with Crippen LogP contribution >= 0.6 is 0 Å². The van der Waals surface area contributed by atoms with Crippen molar-refractivity contribution in [3.05, 3.63) is 275 Å². The summed E-state index contributed by atoms with van der Waals surface area (Å²) in [5, 5.41) is 124. The van der Waals surface area contributed by atoms with Crippen molar-refractivity contribution in [1.29, 1.82) is 0 Å². The Hall–Kier alpha value is -8.96. The maximum absolute atomic E-state index is 14.4. The van der Waals surface area contributed by atoms with E-state index in [1.54, 1.807) is 59.1 Å². The molecule has 0 saturated carbocycles. The normalized spacial score (nSPS) is 30.5. The third-order valence-corrected chi connectivity index (χ3v) is 32.3. The largest absolute Gasteiger partial charge is 0.496 e. The molecule has 4 aliphatic carbocycles. The predicted molar refractivity (Wildman–Crippen MR) is 542 cm³/mol. The summed E-state index contributed by atoms with van der Waals surface area (Å²) < 4.78 is 103. The Labute approximate surface area is 846 Å². The maximum atomic E-state index is 14.4. The smallest absolute Gasteiger partial charge is 0.231 e. The van der Waals surface area contributed by atoms with Gasteiger partial charge in [-0.25, -0.2) is 8.78 Å². The van der Waals surface area contributed by atoms with Gasteiger partial charge in [-0.2, -0.15) is 0 Å². The van der Waals surface area contributed by atoms with Crippen molar-refractivity contribution >= 4 is 0 Å². The average Bonchev–Trinajstić information content (AvgIpc) is 0.783. The van der Waals surface area contributed by atoms with Crippen LogP contribution in [0.25, 0.3) is 11.1 Å².